The summed E-state index contributed by atoms with van der Waals surface area (Å²) >= 11 is 0. The molecule has 138 valence electrons. The largest absolute Gasteiger partial charge is 0.370 e. The van der Waals surface area contributed by atoms with Crippen molar-refractivity contribution in [3.05, 3.63) is 47.8 Å². The molecule has 5 nitrogen and oxygen atoms in total. The van der Waals surface area contributed by atoms with Gasteiger partial charge in [-0.1, -0.05) is 32.0 Å². The summed E-state index contributed by atoms with van der Waals surface area (Å²) in [4.78, 5) is 15.0. The minimum absolute atomic E-state index is 0.836. The lowest BCUT2D eigenvalue weighted by molar-refractivity contribution is 0.719. The Bertz CT molecular complexity index is 833. The average Bonchev–Trinajstić information content (AvgIpc) is 3.04. The first-order valence-electron chi connectivity index (χ1n) is 9.60. The van der Waals surface area contributed by atoms with Crippen LogP contribution in [0.1, 0.15) is 37.9 Å². The van der Waals surface area contributed by atoms with Crippen LogP contribution in [0.2, 0.25) is 0 Å². The summed E-state index contributed by atoms with van der Waals surface area (Å²) in [5, 5.41) is 4.77. The predicted octanol–water partition coefficient (Wildman–Crippen LogP) is 4.55. The fourth-order valence-electron chi connectivity index (χ4n) is 3.30. The van der Waals surface area contributed by atoms with Crippen molar-refractivity contribution in [1.29, 1.82) is 0 Å². The smallest absolute Gasteiger partial charge is 0.227 e. The fourth-order valence-corrected chi connectivity index (χ4v) is 3.30. The highest BCUT2D eigenvalue weighted by Gasteiger charge is 2.10. The number of benzene rings is 1. The zero-order chi connectivity index (χ0) is 18.4. The Hall–Kier alpha value is -2.56. The van der Waals surface area contributed by atoms with Gasteiger partial charge in [0.15, 0.2) is 0 Å². The molecule has 0 aliphatic heterocycles. The number of aromatic amines is 1. The van der Waals surface area contributed by atoms with Crippen LogP contribution in [0.25, 0.3) is 10.9 Å². The maximum Gasteiger partial charge on any atom is 0.227 e. The molecule has 3 rings (SSSR count). The summed E-state index contributed by atoms with van der Waals surface area (Å²) in [5.74, 6) is 1.74. The number of para-hydroxylation sites is 1. The van der Waals surface area contributed by atoms with Gasteiger partial charge in [-0.05, 0) is 37.8 Å². The maximum atomic E-state index is 4.75. The molecule has 5 heteroatoms. The Morgan fingerprint density at radius 2 is 1.85 bits per heavy atom. The first kappa shape index (κ1) is 18.2. The van der Waals surface area contributed by atoms with E-state index in [-0.39, 0.29) is 0 Å². The highest BCUT2D eigenvalue weighted by molar-refractivity contribution is 5.83. The molecule has 0 radical (unpaired) electrons. The van der Waals surface area contributed by atoms with Crippen molar-refractivity contribution in [2.75, 3.05) is 29.9 Å². The van der Waals surface area contributed by atoms with E-state index in [0.717, 1.165) is 56.4 Å². The lowest BCUT2D eigenvalue weighted by atomic mass is 10.1. The van der Waals surface area contributed by atoms with Gasteiger partial charge >= 0.3 is 0 Å². The molecule has 0 atom stereocenters. The standard InChI is InChI=1S/C21H29N5/c1-4-12-26(13-5-2)21-24-16(3)14-20(25-21)22-11-10-17-15-23-19-9-7-6-8-18(17)19/h6-9,14-15,23H,4-5,10-13H2,1-3H3,(H,22,24,25). The molecular formula is C21H29N5. The number of anilines is 2. The number of rotatable bonds is 9. The Balaban J connectivity index is 1.67. The van der Waals surface area contributed by atoms with Crippen LogP contribution in [-0.4, -0.2) is 34.6 Å². The van der Waals surface area contributed by atoms with Gasteiger partial charge in [0.25, 0.3) is 0 Å². The molecular weight excluding hydrogens is 322 g/mol. The van der Waals surface area contributed by atoms with E-state index in [1.165, 1.54) is 16.5 Å². The van der Waals surface area contributed by atoms with Gasteiger partial charge in [0.1, 0.15) is 5.82 Å². The summed E-state index contributed by atoms with van der Waals surface area (Å²) in [6, 6.07) is 10.5. The van der Waals surface area contributed by atoms with E-state index in [9.17, 15) is 0 Å². The molecule has 0 amide bonds. The Kier molecular flexibility index (Phi) is 6.10. The zero-order valence-electron chi connectivity index (χ0n) is 16.0. The second-order valence-corrected chi connectivity index (χ2v) is 6.72. The third-order valence-corrected chi connectivity index (χ3v) is 4.49. The zero-order valence-corrected chi connectivity index (χ0v) is 16.0. The molecule has 0 saturated heterocycles. The molecule has 1 aromatic carbocycles. The van der Waals surface area contributed by atoms with Crippen molar-refractivity contribution in [3.63, 3.8) is 0 Å². The van der Waals surface area contributed by atoms with Gasteiger partial charge in [-0.25, -0.2) is 4.98 Å². The fraction of sp³-hybridized carbons (Fsp3) is 0.429. The van der Waals surface area contributed by atoms with Crippen molar-refractivity contribution in [2.24, 2.45) is 0 Å². The number of nitrogens with one attached hydrogen (secondary N) is 2. The molecule has 2 aromatic heterocycles. The topological polar surface area (TPSA) is 56.8 Å². The predicted molar refractivity (Wildman–Crippen MR) is 110 cm³/mol. The number of nitrogens with zero attached hydrogens (tertiary/aromatic N) is 3. The van der Waals surface area contributed by atoms with Crippen LogP contribution in [-0.2, 0) is 6.42 Å². The summed E-state index contributed by atoms with van der Waals surface area (Å²) in [5.41, 5.74) is 3.52. The molecule has 3 aromatic rings. The summed E-state index contributed by atoms with van der Waals surface area (Å²) in [7, 11) is 0. The number of hydrogen-bond donors (Lipinski definition) is 2. The molecule has 2 N–H and O–H groups in total. The van der Waals surface area contributed by atoms with E-state index >= 15 is 0 Å². The molecule has 0 bridgehead atoms. The van der Waals surface area contributed by atoms with Crippen LogP contribution in [0, 0.1) is 6.92 Å². The van der Waals surface area contributed by atoms with Crippen molar-refractivity contribution in [3.8, 4) is 0 Å². The van der Waals surface area contributed by atoms with Gasteiger partial charge in [0, 0.05) is 48.5 Å². The first-order valence-corrected chi connectivity index (χ1v) is 9.60. The summed E-state index contributed by atoms with van der Waals surface area (Å²) < 4.78 is 0. The van der Waals surface area contributed by atoms with Gasteiger partial charge in [0.2, 0.25) is 5.95 Å². The number of aryl methyl sites for hydroxylation is 1. The maximum absolute atomic E-state index is 4.75. The molecule has 0 spiro atoms. The van der Waals surface area contributed by atoms with Gasteiger partial charge in [-0.15, -0.1) is 0 Å². The second kappa shape index (κ2) is 8.70. The molecule has 0 saturated carbocycles. The van der Waals surface area contributed by atoms with Crippen LogP contribution in [0.4, 0.5) is 11.8 Å². The molecule has 0 aliphatic rings. The summed E-state index contributed by atoms with van der Waals surface area (Å²) in [6.45, 7) is 9.25. The highest BCUT2D eigenvalue weighted by Crippen LogP contribution is 2.19. The monoisotopic (exact) mass is 351 g/mol. The number of aromatic nitrogens is 3. The number of hydrogen-bond acceptors (Lipinski definition) is 4. The minimum Gasteiger partial charge on any atom is -0.370 e. The van der Waals surface area contributed by atoms with E-state index in [1.807, 2.05) is 13.0 Å². The van der Waals surface area contributed by atoms with Gasteiger partial charge in [0.05, 0.1) is 0 Å². The summed E-state index contributed by atoms with van der Waals surface area (Å²) in [6.07, 6.45) is 5.25. The lowest BCUT2D eigenvalue weighted by Gasteiger charge is -2.22. The lowest BCUT2D eigenvalue weighted by Crippen LogP contribution is -2.27. The number of H-pyrrole nitrogens is 1. The SMILES string of the molecule is CCCN(CCC)c1nc(C)cc(NCCc2c[nH]c3ccccc23)n1. The molecule has 2 heterocycles. The van der Waals surface area contributed by atoms with E-state index in [4.69, 9.17) is 4.98 Å². The third kappa shape index (κ3) is 4.34. The van der Waals surface area contributed by atoms with Gasteiger partial charge in [-0.3, -0.25) is 0 Å². The van der Waals surface area contributed by atoms with Gasteiger partial charge < -0.3 is 15.2 Å². The van der Waals surface area contributed by atoms with Gasteiger partial charge in [-0.2, -0.15) is 4.98 Å². The van der Waals surface area contributed by atoms with E-state index in [0.29, 0.717) is 0 Å². The normalized spacial score (nSPS) is 11.0. The quantitative estimate of drug-likeness (QED) is 0.594. The van der Waals surface area contributed by atoms with Crippen LogP contribution >= 0.6 is 0 Å². The van der Waals surface area contributed by atoms with E-state index in [2.05, 4.69) is 64.5 Å². The van der Waals surface area contributed by atoms with Crippen molar-refractivity contribution < 1.29 is 0 Å². The van der Waals surface area contributed by atoms with Crippen LogP contribution < -0.4 is 10.2 Å². The Morgan fingerprint density at radius 1 is 1.08 bits per heavy atom. The van der Waals surface area contributed by atoms with E-state index in [1.54, 1.807) is 0 Å². The highest BCUT2D eigenvalue weighted by atomic mass is 15.3. The third-order valence-electron chi connectivity index (χ3n) is 4.49. The average molecular weight is 351 g/mol. The Labute approximate surface area is 155 Å². The number of fused-ring (bicyclic) bond motifs is 1. The molecule has 0 fully saturated rings. The van der Waals surface area contributed by atoms with Crippen molar-refractivity contribution in [1.82, 2.24) is 15.0 Å². The first-order chi connectivity index (χ1) is 12.7. The van der Waals surface area contributed by atoms with Crippen molar-refractivity contribution in [2.45, 2.75) is 40.0 Å². The van der Waals surface area contributed by atoms with Crippen LogP contribution in [0.5, 0.6) is 0 Å². The van der Waals surface area contributed by atoms with Crippen LogP contribution in [0.3, 0.4) is 0 Å². The Morgan fingerprint density at radius 3 is 2.62 bits per heavy atom. The molecule has 0 aliphatic carbocycles. The van der Waals surface area contributed by atoms with E-state index < -0.39 is 0 Å². The molecule has 0 unspecified atom stereocenters. The molecule has 26 heavy (non-hydrogen) atoms. The van der Waals surface area contributed by atoms with Crippen molar-refractivity contribution >= 4 is 22.7 Å². The van der Waals surface area contributed by atoms with Crippen LogP contribution in [0.15, 0.2) is 36.5 Å². The second-order valence-electron chi connectivity index (χ2n) is 6.72. The minimum atomic E-state index is 0.836.